The molecule has 2 amide bonds. The molecule has 32 heavy (non-hydrogen) atoms. The average Bonchev–Trinajstić information content (AvgIpc) is 3.02. The Labute approximate surface area is 186 Å². The van der Waals surface area contributed by atoms with Gasteiger partial charge in [-0.3, -0.25) is 14.5 Å². The SMILES string of the molecule is COc1cc(NC(=O)CN2C(=O)[C@](O)(c3ccc(C)cc3)c3ccccc32)cc(OC)c1. The van der Waals surface area contributed by atoms with Gasteiger partial charge >= 0.3 is 0 Å². The lowest BCUT2D eigenvalue weighted by Gasteiger charge is -2.23. The molecule has 0 aromatic heterocycles. The highest BCUT2D eigenvalue weighted by molar-refractivity contribution is 6.12. The van der Waals surface area contributed by atoms with Crippen molar-refractivity contribution in [3.05, 3.63) is 83.4 Å². The maximum atomic E-state index is 13.4. The van der Waals surface area contributed by atoms with E-state index in [0.29, 0.717) is 34.0 Å². The molecule has 1 aliphatic heterocycles. The first-order valence-electron chi connectivity index (χ1n) is 10.1. The normalized spacial score (nSPS) is 17.1. The standard InChI is InChI=1S/C25H24N2O5/c1-16-8-10-17(11-9-16)25(30)21-6-4-5-7-22(21)27(24(25)29)15-23(28)26-18-12-19(31-2)14-20(13-18)32-3/h4-14,30H,15H2,1-3H3,(H,26,28)/t25-/m0/s1. The summed E-state index contributed by atoms with van der Waals surface area (Å²) in [5.74, 6) is 0.0597. The maximum Gasteiger partial charge on any atom is 0.268 e. The van der Waals surface area contributed by atoms with Gasteiger partial charge in [-0.25, -0.2) is 0 Å². The van der Waals surface area contributed by atoms with Gasteiger partial charge in [0, 0.05) is 29.4 Å². The molecule has 164 valence electrons. The maximum absolute atomic E-state index is 13.4. The van der Waals surface area contributed by atoms with Gasteiger partial charge in [-0.15, -0.1) is 0 Å². The summed E-state index contributed by atoms with van der Waals surface area (Å²) in [5.41, 5.74) is 1.04. The Hall–Kier alpha value is -3.84. The van der Waals surface area contributed by atoms with Crippen LogP contribution >= 0.6 is 0 Å². The lowest BCUT2D eigenvalue weighted by atomic mass is 9.87. The molecule has 0 saturated carbocycles. The van der Waals surface area contributed by atoms with Crippen LogP contribution < -0.4 is 19.7 Å². The summed E-state index contributed by atoms with van der Waals surface area (Å²) < 4.78 is 10.5. The van der Waals surface area contributed by atoms with Crippen molar-refractivity contribution < 1.29 is 24.2 Å². The van der Waals surface area contributed by atoms with Crippen LogP contribution in [0.3, 0.4) is 0 Å². The van der Waals surface area contributed by atoms with Crippen LogP contribution in [0.4, 0.5) is 11.4 Å². The Kier molecular flexibility index (Phi) is 5.59. The second-order valence-electron chi connectivity index (χ2n) is 7.63. The molecular weight excluding hydrogens is 408 g/mol. The fourth-order valence-corrected chi connectivity index (χ4v) is 3.89. The Balaban J connectivity index is 1.63. The summed E-state index contributed by atoms with van der Waals surface area (Å²) >= 11 is 0. The Morgan fingerprint density at radius 2 is 1.62 bits per heavy atom. The number of aliphatic hydroxyl groups is 1. The molecule has 7 heteroatoms. The second kappa shape index (κ2) is 8.36. The predicted molar refractivity (Wildman–Crippen MR) is 121 cm³/mol. The zero-order valence-electron chi connectivity index (χ0n) is 18.1. The van der Waals surface area contributed by atoms with Gasteiger partial charge in [0.25, 0.3) is 5.91 Å². The minimum atomic E-state index is -1.86. The van der Waals surface area contributed by atoms with Crippen molar-refractivity contribution in [1.82, 2.24) is 0 Å². The van der Waals surface area contributed by atoms with Crippen molar-refractivity contribution in [2.45, 2.75) is 12.5 Å². The minimum Gasteiger partial charge on any atom is -0.497 e. The van der Waals surface area contributed by atoms with Crippen molar-refractivity contribution in [2.24, 2.45) is 0 Å². The van der Waals surface area contributed by atoms with Gasteiger partial charge in [-0.1, -0.05) is 48.0 Å². The molecule has 0 saturated heterocycles. The summed E-state index contributed by atoms with van der Waals surface area (Å²) in [7, 11) is 3.04. The number of hydrogen-bond donors (Lipinski definition) is 2. The van der Waals surface area contributed by atoms with Crippen LogP contribution in [0.5, 0.6) is 11.5 Å². The highest BCUT2D eigenvalue weighted by Gasteiger charge is 2.51. The fourth-order valence-electron chi connectivity index (χ4n) is 3.89. The van der Waals surface area contributed by atoms with Crippen molar-refractivity contribution >= 4 is 23.2 Å². The largest absolute Gasteiger partial charge is 0.497 e. The number of methoxy groups -OCH3 is 2. The molecule has 2 N–H and O–H groups in total. The van der Waals surface area contributed by atoms with Gasteiger partial charge < -0.3 is 19.9 Å². The zero-order chi connectivity index (χ0) is 22.9. The summed E-state index contributed by atoms with van der Waals surface area (Å²) in [6.45, 7) is 1.67. The van der Waals surface area contributed by atoms with E-state index in [0.717, 1.165) is 5.56 Å². The molecule has 7 nitrogen and oxygen atoms in total. The molecule has 0 radical (unpaired) electrons. The number of ether oxygens (including phenoxy) is 2. The molecule has 1 atom stereocenters. The number of benzene rings is 3. The van der Waals surface area contributed by atoms with E-state index >= 15 is 0 Å². The first-order chi connectivity index (χ1) is 15.4. The van der Waals surface area contributed by atoms with Crippen LogP contribution in [0, 0.1) is 6.92 Å². The molecule has 0 spiro atoms. The minimum absolute atomic E-state index is 0.260. The number of para-hydroxylation sites is 1. The summed E-state index contributed by atoms with van der Waals surface area (Å²) in [5, 5.41) is 14.3. The van der Waals surface area contributed by atoms with E-state index in [1.165, 1.54) is 19.1 Å². The average molecular weight is 432 g/mol. The lowest BCUT2D eigenvalue weighted by molar-refractivity contribution is -0.133. The van der Waals surface area contributed by atoms with Gasteiger partial charge in [0.15, 0.2) is 5.60 Å². The summed E-state index contributed by atoms with van der Waals surface area (Å²) in [6.07, 6.45) is 0. The third-order valence-electron chi connectivity index (χ3n) is 5.55. The first kappa shape index (κ1) is 21.4. The van der Waals surface area contributed by atoms with Gasteiger partial charge in [0.05, 0.1) is 19.9 Å². The zero-order valence-corrected chi connectivity index (χ0v) is 18.1. The fraction of sp³-hybridized carbons (Fsp3) is 0.200. The number of nitrogens with one attached hydrogen (secondary N) is 1. The van der Waals surface area contributed by atoms with E-state index < -0.39 is 17.4 Å². The third kappa shape index (κ3) is 3.67. The van der Waals surface area contributed by atoms with E-state index in [1.54, 1.807) is 54.6 Å². The van der Waals surface area contributed by atoms with Gasteiger partial charge in [-0.05, 0) is 18.6 Å². The van der Waals surface area contributed by atoms with Crippen LogP contribution in [-0.4, -0.2) is 37.7 Å². The molecule has 0 fully saturated rings. The third-order valence-corrected chi connectivity index (χ3v) is 5.55. The van der Waals surface area contributed by atoms with Crippen LogP contribution in [0.1, 0.15) is 16.7 Å². The Bertz CT molecular complexity index is 1150. The van der Waals surface area contributed by atoms with Crippen molar-refractivity contribution in [2.75, 3.05) is 31.0 Å². The van der Waals surface area contributed by atoms with E-state index in [9.17, 15) is 14.7 Å². The number of rotatable bonds is 6. The Morgan fingerprint density at radius 1 is 1.00 bits per heavy atom. The van der Waals surface area contributed by atoms with E-state index in [-0.39, 0.29) is 6.54 Å². The molecule has 3 aromatic carbocycles. The second-order valence-corrected chi connectivity index (χ2v) is 7.63. The van der Waals surface area contributed by atoms with Crippen LogP contribution in [0.25, 0.3) is 0 Å². The molecule has 4 rings (SSSR count). The van der Waals surface area contributed by atoms with Gasteiger partial charge in [0.2, 0.25) is 5.91 Å². The molecule has 0 bridgehead atoms. The van der Waals surface area contributed by atoms with E-state index in [4.69, 9.17) is 9.47 Å². The predicted octanol–water partition coefficient (Wildman–Crippen LogP) is 3.23. The quantitative estimate of drug-likeness (QED) is 0.624. The number of carbonyl (C=O) groups is 2. The molecule has 1 heterocycles. The number of hydrogen-bond acceptors (Lipinski definition) is 5. The number of amides is 2. The van der Waals surface area contributed by atoms with Crippen molar-refractivity contribution in [1.29, 1.82) is 0 Å². The van der Waals surface area contributed by atoms with Crippen LogP contribution in [-0.2, 0) is 15.2 Å². The van der Waals surface area contributed by atoms with E-state index in [1.807, 2.05) is 19.1 Å². The lowest BCUT2D eigenvalue weighted by Crippen LogP contribution is -2.44. The number of nitrogens with zero attached hydrogens (tertiary/aromatic N) is 1. The first-order valence-corrected chi connectivity index (χ1v) is 10.1. The smallest absolute Gasteiger partial charge is 0.268 e. The summed E-state index contributed by atoms with van der Waals surface area (Å²) in [6, 6.07) is 19.1. The van der Waals surface area contributed by atoms with E-state index in [2.05, 4.69) is 5.32 Å². The van der Waals surface area contributed by atoms with Crippen LogP contribution in [0.2, 0.25) is 0 Å². The molecule has 0 unspecified atom stereocenters. The highest BCUT2D eigenvalue weighted by Crippen LogP contribution is 2.44. The number of carbonyl (C=O) groups excluding carboxylic acids is 2. The Morgan fingerprint density at radius 3 is 2.25 bits per heavy atom. The van der Waals surface area contributed by atoms with Gasteiger partial charge in [-0.2, -0.15) is 0 Å². The molecule has 3 aromatic rings. The summed E-state index contributed by atoms with van der Waals surface area (Å²) in [4.78, 5) is 27.6. The molecule has 0 aliphatic carbocycles. The number of anilines is 2. The van der Waals surface area contributed by atoms with Crippen LogP contribution in [0.15, 0.2) is 66.7 Å². The van der Waals surface area contributed by atoms with Crippen molar-refractivity contribution in [3.63, 3.8) is 0 Å². The van der Waals surface area contributed by atoms with Crippen molar-refractivity contribution in [3.8, 4) is 11.5 Å². The number of aryl methyl sites for hydroxylation is 1. The monoisotopic (exact) mass is 432 g/mol. The van der Waals surface area contributed by atoms with Gasteiger partial charge in [0.1, 0.15) is 18.0 Å². The highest BCUT2D eigenvalue weighted by atomic mass is 16.5. The topological polar surface area (TPSA) is 88.1 Å². The molecular formula is C25H24N2O5. The number of fused-ring (bicyclic) bond motifs is 1. The molecule has 1 aliphatic rings.